The van der Waals surface area contributed by atoms with E-state index in [1.807, 2.05) is 18.7 Å². The molecule has 14 heavy (non-hydrogen) atoms. The molecule has 2 nitrogen and oxygen atoms in total. The van der Waals surface area contributed by atoms with Crippen molar-refractivity contribution in [2.45, 2.75) is 39.0 Å². The number of aryl methyl sites for hydroxylation is 1. The minimum atomic E-state index is 0.128. The number of nitrogens with zero attached hydrogens (tertiary/aromatic N) is 1. The van der Waals surface area contributed by atoms with Gasteiger partial charge in [0.05, 0.1) is 5.69 Å². The highest BCUT2D eigenvalue weighted by molar-refractivity contribution is 7.98. The molecule has 0 spiro atoms. The third-order valence-corrected chi connectivity index (χ3v) is 4.32. The largest absolute Gasteiger partial charge is 0.323 e. The molecule has 0 aliphatic heterocycles. The summed E-state index contributed by atoms with van der Waals surface area (Å²) >= 11 is 3.69. The van der Waals surface area contributed by atoms with E-state index in [-0.39, 0.29) is 6.04 Å². The Labute approximate surface area is 94.3 Å². The average Bonchev–Trinajstić information content (AvgIpc) is 2.57. The number of nitrogens with two attached hydrogens (primary N) is 1. The molecular formula is C10H18N2S2. The van der Waals surface area contributed by atoms with E-state index in [1.54, 1.807) is 11.3 Å². The van der Waals surface area contributed by atoms with Gasteiger partial charge in [-0.05, 0) is 19.1 Å². The van der Waals surface area contributed by atoms with Crippen molar-refractivity contribution >= 4 is 23.1 Å². The average molecular weight is 230 g/mol. The first-order valence-corrected chi connectivity index (χ1v) is 6.97. The summed E-state index contributed by atoms with van der Waals surface area (Å²) < 4.78 is 0. The van der Waals surface area contributed by atoms with Crippen LogP contribution in [0.1, 0.15) is 42.4 Å². The van der Waals surface area contributed by atoms with Crippen molar-refractivity contribution in [3.05, 3.63) is 15.6 Å². The van der Waals surface area contributed by atoms with Crippen LogP contribution in [0.4, 0.5) is 0 Å². The second-order valence-corrected chi connectivity index (χ2v) is 5.59. The number of hydrogen-bond donors (Lipinski definition) is 1. The third-order valence-electron chi connectivity index (χ3n) is 1.95. The van der Waals surface area contributed by atoms with E-state index >= 15 is 0 Å². The summed E-state index contributed by atoms with van der Waals surface area (Å²) in [6.45, 7) is 6.34. The molecule has 0 radical (unpaired) electrons. The first-order valence-electron chi connectivity index (χ1n) is 5.00. The summed E-state index contributed by atoms with van der Waals surface area (Å²) in [6.07, 6.45) is 0.990. The molecule has 0 aliphatic carbocycles. The Morgan fingerprint density at radius 2 is 2.21 bits per heavy atom. The van der Waals surface area contributed by atoms with Crippen LogP contribution in [0.25, 0.3) is 0 Å². The van der Waals surface area contributed by atoms with Gasteiger partial charge in [-0.25, -0.2) is 4.98 Å². The first kappa shape index (κ1) is 12.0. The molecule has 80 valence electrons. The van der Waals surface area contributed by atoms with Crippen LogP contribution in [0.15, 0.2) is 0 Å². The molecule has 1 rings (SSSR count). The fourth-order valence-electron chi connectivity index (χ4n) is 1.27. The Bertz CT molecular complexity index is 282. The van der Waals surface area contributed by atoms with E-state index < -0.39 is 0 Å². The second kappa shape index (κ2) is 5.73. The monoisotopic (exact) mass is 230 g/mol. The van der Waals surface area contributed by atoms with Crippen molar-refractivity contribution in [2.24, 2.45) is 5.73 Å². The third kappa shape index (κ3) is 2.97. The van der Waals surface area contributed by atoms with E-state index in [2.05, 4.69) is 18.8 Å². The van der Waals surface area contributed by atoms with Crippen LogP contribution in [-0.4, -0.2) is 10.7 Å². The van der Waals surface area contributed by atoms with Crippen molar-refractivity contribution in [3.63, 3.8) is 0 Å². The van der Waals surface area contributed by atoms with Gasteiger partial charge in [-0.1, -0.05) is 13.8 Å². The molecule has 0 saturated carbocycles. The van der Waals surface area contributed by atoms with Crippen LogP contribution in [0.2, 0.25) is 0 Å². The summed E-state index contributed by atoms with van der Waals surface area (Å²) in [5.41, 5.74) is 7.09. The summed E-state index contributed by atoms with van der Waals surface area (Å²) in [5, 5.41) is 1.22. The smallest absolute Gasteiger partial charge is 0.103 e. The highest BCUT2D eigenvalue weighted by atomic mass is 32.2. The Morgan fingerprint density at radius 1 is 1.50 bits per heavy atom. The van der Waals surface area contributed by atoms with Crippen LogP contribution < -0.4 is 5.73 Å². The molecule has 0 aliphatic rings. The quantitative estimate of drug-likeness (QED) is 0.845. The molecule has 1 aromatic rings. The number of aromatic nitrogens is 1. The SMILES string of the molecule is CCSCc1nc(CC)c(C(C)N)s1. The fraction of sp³-hybridized carbons (Fsp3) is 0.700. The normalized spacial score (nSPS) is 13.1. The lowest BCUT2D eigenvalue weighted by Gasteiger charge is -2.01. The van der Waals surface area contributed by atoms with Crippen molar-refractivity contribution in [3.8, 4) is 0 Å². The number of hydrogen-bond acceptors (Lipinski definition) is 4. The van der Waals surface area contributed by atoms with Gasteiger partial charge in [-0.2, -0.15) is 11.8 Å². The molecule has 0 saturated heterocycles. The summed E-state index contributed by atoms with van der Waals surface area (Å²) in [4.78, 5) is 5.87. The van der Waals surface area contributed by atoms with Crippen LogP contribution in [-0.2, 0) is 12.2 Å². The van der Waals surface area contributed by atoms with Crippen molar-refractivity contribution in [2.75, 3.05) is 5.75 Å². The lowest BCUT2D eigenvalue weighted by atomic mass is 10.2. The zero-order valence-corrected chi connectivity index (χ0v) is 10.7. The van der Waals surface area contributed by atoms with Crippen molar-refractivity contribution in [1.29, 1.82) is 0 Å². The predicted octanol–water partition coefficient (Wildman–Crippen LogP) is 2.98. The molecule has 2 N–H and O–H groups in total. The highest BCUT2D eigenvalue weighted by Crippen LogP contribution is 2.26. The van der Waals surface area contributed by atoms with Gasteiger partial charge in [0.15, 0.2) is 0 Å². The van der Waals surface area contributed by atoms with E-state index in [0.717, 1.165) is 17.9 Å². The minimum absolute atomic E-state index is 0.128. The number of rotatable bonds is 5. The molecule has 0 aromatic carbocycles. The van der Waals surface area contributed by atoms with Crippen LogP contribution in [0, 0.1) is 0 Å². The van der Waals surface area contributed by atoms with Crippen LogP contribution in [0.5, 0.6) is 0 Å². The number of thiazole rings is 1. The molecule has 0 fully saturated rings. The Kier molecular flexibility index (Phi) is 4.92. The topological polar surface area (TPSA) is 38.9 Å². The summed E-state index contributed by atoms with van der Waals surface area (Å²) in [7, 11) is 0. The molecule has 1 aromatic heterocycles. The minimum Gasteiger partial charge on any atom is -0.323 e. The second-order valence-electron chi connectivity index (χ2n) is 3.20. The summed E-state index contributed by atoms with van der Waals surface area (Å²) in [5.74, 6) is 2.18. The van der Waals surface area contributed by atoms with Crippen molar-refractivity contribution < 1.29 is 0 Å². The summed E-state index contributed by atoms with van der Waals surface area (Å²) in [6, 6.07) is 0.128. The predicted molar refractivity (Wildman–Crippen MR) is 65.9 cm³/mol. The lowest BCUT2D eigenvalue weighted by Crippen LogP contribution is -2.05. The Balaban J connectivity index is 2.78. The van der Waals surface area contributed by atoms with E-state index in [9.17, 15) is 0 Å². The van der Waals surface area contributed by atoms with Gasteiger partial charge in [0.1, 0.15) is 5.01 Å². The van der Waals surface area contributed by atoms with Gasteiger partial charge in [-0.3, -0.25) is 0 Å². The van der Waals surface area contributed by atoms with Crippen molar-refractivity contribution in [1.82, 2.24) is 4.98 Å². The Morgan fingerprint density at radius 3 is 2.64 bits per heavy atom. The zero-order valence-electron chi connectivity index (χ0n) is 9.04. The fourth-order valence-corrected chi connectivity index (χ4v) is 3.11. The van der Waals surface area contributed by atoms with Crippen LogP contribution in [0.3, 0.4) is 0 Å². The molecule has 0 bridgehead atoms. The van der Waals surface area contributed by atoms with Crippen LogP contribution >= 0.6 is 23.1 Å². The zero-order chi connectivity index (χ0) is 10.6. The molecule has 1 heterocycles. The highest BCUT2D eigenvalue weighted by Gasteiger charge is 2.12. The lowest BCUT2D eigenvalue weighted by molar-refractivity contribution is 0.813. The molecule has 1 atom stereocenters. The van der Waals surface area contributed by atoms with Gasteiger partial charge >= 0.3 is 0 Å². The molecule has 0 amide bonds. The van der Waals surface area contributed by atoms with Gasteiger partial charge < -0.3 is 5.73 Å². The van der Waals surface area contributed by atoms with E-state index in [1.165, 1.54) is 15.6 Å². The standard InChI is InChI=1S/C10H18N2S2/c1-4-8-10(7(3)11)14-9(12-8)6-13-5-2/h7H,4-6,11H2,1-3H3. The molecular weight excluding hydrogens is 212 g/mol. The van der Waals surface area contributed by atoms with E-state index in [4.69, 9.17) is 5.73 Å². The maximum atomic E-state index is 5.90. The maximum Gasteiger partial charge on any atom is 0.103 e. The molecule has 4 heteroatoms. The first-order chi connectivity index (χ1) is 6.69. The molecule has 1 unspecified atom stereocenters. The van der Waals surface area contributed by atoms with E-state index in [0.29, 0.717) is 0 Å². The van der Waals surface area contributed by atoms with Gasteiger partial charge in [-0.15, -0.1) is 11.3 Å². The van der Waals surface area contributed by atoms with Gasteiger partial charge in [0, 0.05) is 16.7 Å². The number of thioether (sulfide) groups is 1. The maximum absolute atomic E-state index is 5.90. The Hall–Kier alpha value is -0.0600. The van der Waals surface area contributed by atoms with Gasteiger partial charge in [0.25, 0.3) is 0 Å². The van der Waals surface area contributed by atoms with Gasteiger partial charge in [0.2, 0.25) is 0 Å².